The average Bonchev–Trinajstić information content (AvgIpc) is 3.29. The number of carboxylic acids is 1. The minimum absolute atomic E-state index is 0.237. The molecule has 3 aliphatic rings. The predicted molar refractivity (Wildman–Crippen MR) is 153 cm³/mol. The summed E-state index contributed by atoms with van der Waals surface area (Å²) in [5.41, 5.74) is 3.30. The first-order valence-electron chi connectivity index (χ1n) is 14.5. The summed E-state index contributed by atoms with van der Waals surface area (Å²) in [6.07, 6.45) is 2.87. The molecule has 2 aromatic heterocycles. The molecule has 0 saturated carbocycles. The number of nitrogens with zero attached hydrogens (tertiary/aromatic N) is 4. The Hall–Kier alpha value is -3.08. The molecule has 1 atom stereocenters. The Kier molecular flexibility index (Phi) is 8.36. The number of ether oxygens (including phenoxy) is 3. The van der Waals surface area contributed by atoms with Gasteiger partial charge in [-0.3, -0.25) is 0 Å². The first-order valence-corrected chi connectivity index (χ1v) is 14.5. The van der Waals surface area contributed by atoms with E-state index < -0.39 is 17.7 Å². The van der Waals surface area contributed by atoms with Crippen molar-refractivity contribution in [3.05, 3.63) is 58.2 Å². The van der Waals surface area contributed by atoms with Crippen molar-refractivity contribution in [2.75, 3.05) is 24.6 Å². The predicted octanol–water partition coefficient (Wildman–Crippen LogP) is 5.55. The minimum Gasteiger partial charge on any atom is -0.479 e. The second-order valence-corrected chi connectivity index (χ2v) is 12.4. The number of halogens is 1. The van der Waals surface area contributed by atoms with Gasteiger partial charge in [0.2, 0.25) is 0 Å². The first-order chi connectivity index (χ1) is 19.4. The van der Waals surface area contributed by atoms with Gasteiger partial charge in [0.15, 0.2) is 11.8 Å². The summed E-state index contributed by atoms with van der Waals surface area (Å²) in [6, 6.07) is 6.72. The van der Waals surface area contributed by atoms with E-state index in [4.69, 9.17) is 24.3 Å². The van der Waals surface area contributed by atoms with E-state index in [1.807, 2.05) is 33.8 Å². The molecule has 3 aliphatic heterocycles. The van der Waals surface area contributed by atoms with Crippen molar-refractivity contribution in [2.24, 2.45) is 0 Å². The van der Waals surface area contributed by atoms with Crippen molar-refractivity contribution in [1.82, 2.24) is 14.6 Å². The third-order valence-corrected chi connectivity index (χ3v) is 7.90. The number of hydrogen-bond acceptors (Lipinski definition) is 7. The summed E-state index contributed by atoms with van der Waals surface area (Å²) >= 11 is 0. The van der Waals surface area contributed by atoms with Crippen LogP contribution in [0.2, 0.25) is 0 Å². The van der Waals surface area contributed by atoms with Gasteiger partial charge in [0.25, 0.3) is 0 Å². The molecular weight excluding hydrogens is 527 g/mol. The van der Waals surface area contributed by atoms with Crippen molar-refractivity contribution in [1.29, 1.82) is 0 Å². The smallest absolute Gasteiger partial charge is 0.337 e. The number of benzene rings is 1. The van der Waals surface area contributed by atoms with Gasteiger partial charge in [-0.25, -0.2) is 14.2 Å². The van der Waals surface area contributed by atoms with Crippen molar-refractivity contribution >= 4 is 17.4 Å². The number of aromatic nitrogens is 3. The van der Waals surface area contributed by atoms with Crippen LogP contribution in [0.3, 0.4) is 0 Å². The van der Waals surface area contributed by atoms with E-state index >= 15 is 0 Å². The quantitative estimate of drug-likeness (QED) is 0.440. The van der Waals surface area contributed by atoms with Crippen LogP contribution in [-0.4, -0.2) is 56.6 Å². The Morgan fingerprint density at radius 1 is 1.15 bits per heavy atom. The summed E-state index contributed by atoms with van der Waals surface area (Å²) in [4.78, 5) is 19.5. The molecule has 9 nitrogen and oxygen atoms in total. The first kappa shape index (κ1) is 29.4. The van der Waals surface area contributed by atoms with Crippen LogP contribution in [0.1, 0.15) is 87.6 Å². The highest BCUT2D eigenvalue weighted by Gasteiger charge is 2.37. The highest BCUT2D eigenvalue weighted by molar-refractivity contribution is 5.78. The number of piperidine rings is 1. The number of anilines is 1. The second kappa shape index (κ2) is 11.7. The van der Waals surface area contributed by atoms with Gasteiger partial charge in [0, 0.05) is 31.5 Å². The van der Waals surface area contributed by atoms with E-state index in [1.165, 1.54) is 6.07 Å². The lowest BCUT2D eigenvalue weighted by Crippen LogP contribution is -2.46. The Morgan fingerprint density at radius 2 is 1.90 bits per heavy atom. The lowest BCUT2D eigenvalue weighted by atomic mass is 9.92. The molecule has 0 radical (unpaired) electrons. The lowest BCUT2D eigenvalue weighted by molar-refractivity contribution is -0.160. The summed E-state index contributed by atoms with van der Waals surface area (Å²) in [5.74, 6) is -0.642. The van der Waals surface area contributed by atoms with Gasteiger partial charge in [-0.2, -0.15) is 9.61 Å². The van der Waals surface area contributed by atoms with Crippen LogP contribution in [0.15, 0.2) is 24.3 Å². The molecule has 4 bridgehead atoms. The fourth-order valence-electron chi connectivity index (χ4n) is 5.74. The number of aliphatic carboxylic acids is 1. The van der Waals surface area contributed by atoms with Gasteiger partial charge < -0.3 is 24.2 Å². The SMILES string of the molecule is Cc1nc2cc3nn2c(c1C(OC(C)(C)C)C(=O)O)N1CCC(C)(CC1)OCCCCc1cc(F)ccc1COC3. The van der Waals surface area contributed by atoms with Crippen molar-refractivity contribution in [3.8, 4) is 0 Å². The molecule has 0 aliphatic carbocycles. The van der Waals surface area contributed by atoms with Gasteiger partial charge in [0.05, 0.1) is 35.7 Å². The Bertz CT molecular complexity index is 1410. The zero-order valence-electron chi connectivity index (χ0n) is 24.7. The number of fused-ring (bicyclic) bond motifs is 8. The summed E-state index contributed by atoms with van der Waals surface area (Å²) in [5, 5.41) is 15.1. The molecule has 1 aromatic carbocycles. The van der Waals surface area contributed by atoms with E-state index in [-0.39, 0.29) is 18.0 Å². The Balaban J connectivity index is 1.58. The van der Waals surface area contributed by atoms with Gasteiger partial charge >= 0.3 is 5.97 Å². The molecule has 0 amide bonds. The van der Waals surface area contributed by atoms with Crippen LogP contribution >= 0.6 is 0 Å². The number of carbonyl (C=O) groups is 1. The standard InChI is InChI=1S/C31H41FN4O5/c1-20-26(27(29(37)38)41-30(2,3)4)28-35-13-11-31(5,12-14-35)40-15-7-6-8-21-16-23(32)10-9-22(21)18-39-19-24-17-25(33-20)36(28)34-24/h9-10,16-17,27H,6-8,11-15,18-19H2,1-5H3,(H,37,38). The molecule has 0 spiro atoms. The summed E-state index contributed by atoms with van der Waals surface area (Å²) in [6.45, 7) is 12.0. The third-order valence-electron chi connectivity index (χ3n) is 7.90. The molecule has 3 aromatic rings. The highest BCUT2D eigenvalue weighted by atomic mass is 19.1. The van der Waals surface area contributed by atoms with E-state index in [0.29, 0.717) is 54.7 Å². The number of aryl methyl sites for hydroxylation is 2. The molecule has 5 heterocycles. The van der Waals surface area contributed by atoms with Crippen molar-refractivity contribution in [2.45, 2.75) is 97.2 Å². The lowest BCUT2D eigenvalue weighted by Gasteiger charge is -2.41. The Morgan fingerprint density at radius 3 is 2.61 bits per heavy atom. The third kappa shape index (κ3) is 6.71. The maximum Gasteiger partial charge on any atom is 0.337 e. The number of rotatable bonds is 3. The second-order valence-electron chi connectivity index (χ2n) is 12.4. The van der Waals surface area contributed by atoms with Crippen LogP contribution in [0.4, 0.5) is 10.2 Å². The van der Waals surface area contributed by atoms with Gasteiger partial charge in [-0.15, -0.1) is 0 Å². The molecule has 1 fully saturated rings. The van der Waals surface area contributed by atoms with E-state index in [0.717, 1.165) is 43.2 Å². The Labute approximate surface area is 240 Å². The van der Waals surface area contributed by atoms with Crippen molar-refractivity contribution < 1.29 is 28.5 Å². The fraction of sp³-hybridized carbons (Fsp3) is 0.581. The molecular formula is C31H41FN4O5. The maximum absolute atomic E-state index is 14.1. The van der Waals surface area contributed by atoms with E-state index in [9.17, 15) is 14.3 Å². The van der Waals surface area contributed by atoms with Gasteiger partial charge in [-0.05, 0) is 90.0 Å². The normalized spacial score (nSPS) is 19.1. The van der Waals surface area contributed by atoms with E-state index in [2.05, 4.69) is 11.8 Å². The minimum atomic E-state index is -1.22. The van der Waals surface area contributed by atoms with Gasteiger partial charge in [-0.1, -0.05) is 6.07 Å². The molecule has 10 heteroatoms. The van der Waals surface area contributed by atoms with E-state index in [1.54, 1.807) is 16.6 Å². The van der Waals surface area contributed by atoms with Crippen LogP contribution in [-0.2, 0) is 38.6 Å². The zero-order chi connectivity index (χ0) is 29.4. The monoisotopic (exact) mass is 568 g/mol. The summed E-state index contributed by atoms with van der Waals surface area (Å²) in [7, 11) is 0. The number of carboxylic acid groups (broad SMARTS) is 1. The van der Waals surface area contributed by atoms with Crippen LogP contribution in [0, 0.1) is 12.7 Å². The molecule has 222 valence electrons. The molecule has 1 saturated heterocycles. The van der Waals surface area contributed by atoms with Crippen LogP contribution in [0.5, 0.6) is 0 Å². The maximum atomic E-state index is 14.1. The zero-order valence-corrected chi connectivity index (χ0v) is 24.7. The molecule has 6 rings (SSSR count). The van der Waals surface area contributed by atoms with Crippen molar-refractivity contribution in [3.63, 3.8) is 0 Å². The number of hydrogen-bond donors (Lipinski definition) is 1. The molecule has 41 heavy (non-hydrogen) atoms. The largest absolute Gasteiger partial charge is 0.479 e. The molecule has 1 unspecified atom stereocenters. The topological polar surface area (TPSA) is 98.4 Å². The fourth-order valence-corrected chi connectivity index (χ4v) is 5.74. The van der Waals surface area contributed by atoms with Crippen LogP contribution < -0.4 is 4.90 Å². The van der Waals surface area contributed by atoms with Gasteiger partial charge in [0.1, 0.15) is 11.6 Å². The molecule has 1 N–H and O–H groups in total. The average molecular weight is 569 g/mol. The summed E-state index contributed by atoms with van der Waals surface area (Å²) < 4.78 is 34.4. The van der Waals surface area contributed by atoms with Crippen LogP contribution in [0.25, 0.3) is 5.65 Å². The highest BCUT2D eigenvalue weighted by Crippen LogP contribution is 2.38.